The highest BCUT2D eigenvalue weighted by Crippen LogP contribution is 2.25. The van der Waals surface area contributed by atoms with Crippen LogP contribution in [-0.4, -0.2) is 17.4 Å². The highest BCUT2D eigenvalue weighted by atomic mass is 16.7. The van der Waals surface area contributed by atoms with E-state index in [1.165, 1.54) is 6.08 Å². The van der Waals surface area contributed by atoms with Gasteiger partial charge < -0.3 is 14.6 Å². The number of hydrogen-bond acceptors (Lipinski definition) is 3. The third kappa shape index (κ3) is 4.16. The molecule has 2 aliphatic carbocycles. The minimum atomic E-state index is -0.946. The molecular weight excluding hydrogens is 244 g/mol. The number of carboxylic acid groups (broad SMARTS) is 1. The smallest absolute Gasteiger partial charge is 0.331 e. The third-order valence-electron chi connectivity index (χ3n) is 3.26. The van der Waals surface area contributed by atoms with Crippen molar-refractivity contribution in [1.82, 2.24) is 0 Å². The number of hydrogen-bond donors (Lipinski definition) is 1. The van der Waals surface area contributed by atoms with Crippen LogP contribution in [0.15, 0.2) is 35.3 Å². The van der Waals surface area contributed by atoms with Gasteiger partial charge in [-0.25, -0.2) is 4.79 Å². The molecule has 19 heavy (non-hydrogen) atoms. The van der Waals surface area contributed by atoms with Gasteiger partial charge in [0.25, 0.3) is 6.29 Å². The molecule has 0 aromatic heterocycles. The van der Waals surface area contributed by atoms with E-state index in [-0.39, 0.29) is 5.57 Å². The summed E-state index contributed by atoms with van der Waals surface area (Å²) in [6, 6.07) is 0. The molecule has 4 heteroatoms. The van der Waals surface area contributed by atoms with Crippen LogP contribution < -0.4 is 0 Å². The molecule has 0 bridgehead atoms. The second-order valence-electron chi connectivity index (χ2n) is 4.88. The zero-order chi connectivity index (χ0) is 13.7. The van der Waals surface area contributed by atoms with Crippen molar-refractivity contribution in [3.8, 4) is 0 Å². The van der Waals surface area contributed by atoms with E-state index < -0.39 is 12.3 Å². The van der Waals surface area contributed by atoms with Gasteiger partial charge in [0.05, 0.1) is 11.5 Å². The lowest BCUT2D eigenvalue weighted by Gasteiger charge is -2.19. The van der Waals surface area contributed by atoms with Crippen molar-refractivity contribution < 1.29 is 19.4 Å². The SMILES string of the molecule is CC(=CC(OC1=CCCC1)OC1=CCCC1)C(=O)O. The molecule has 0 aromatic carbocycles. The molecule has 0 unspecified atom stereocenters. The van der Waals surface area contributed by atoms with Crippen molar-refractivity contribution in [3.05, 3.63) is 35.3 Å². The fraction of sp³-hybridized carbons (Fsp3) is 0.533. The fourth-order valence-corrected chi connectivity index (χ4v) is 2.16. The van der Waals surface area contributed by atoms with Gasteiger partial charge in [0.15, 0.2) is 0 Å². The Labute approximate surface area is 113 Å². The van der Waals surface area contributed by atoms with E-state index in [2.05, 4.69) is 0 Å². The Hall–Kier alpha value is -1.71. The summed E-state index contributed by atoms with van der Waals surface area (Å²) < 4.78 is 11.5. The van der Waals surface area contributed by atoms with Crippen LogP contribution in [0.5, 0.6) is 0 Å². The van der Waals surface area contributed by atoms with E-state index in [0.29, 0.717) is 0 Å². The van der Waals surface area contributed by atoms with E-state index in [1.54, 1.807) is 6.92 Å². The molecule has 0 radical (unpaired) electrons. The maximum atomic E-state index is 10.9. The average Bonchev–Trinajstić information content (AvgIpc) is 3.01. The maximum absolute atomic E-state index is 10.9. The Morgan fingerprint density at radius 1 is 1.21 bits per heavy atom. The van der Waals surface area contributed by atoms with E-state index in [9.17, 15) is 4.79 Å². The summed E-state index contributed by atoms with van der Waals surface area (Å²) in [5, 5.41) is 8.94. The van der Waals surface area contributed by atoms with Crippen LogP contribution in [0.3, 0.4) is 0 Å². The second-order valence-corrected chi connectivity index (χ2v) is 4.88. The monoisotopic (exact) mass is 264 g/mol. The van der Waals surface area contributed by atoms with Gasteiger partial charge in [0, 0.05) is 24.5 Å². The molecule has 0 amide bonds. The predicted octanol–water partition coefficient (Wildman–Crippen LogP) is 3.51. The van der Waals surface area contributed by atoms with E-state index in [4.69, 9.17) is 14.6 Å². The number of ether oxygens (including phenoxy) is 2. The second kappa shape index (κ2) is 6.45. The zero-order valence-corrected chi connectivity index (χ0v) is 11.2. The van der Waals surface area contributed by atoms with Crippen LogP contribution in [0.1, 0.15) is 45.4 Å². The van der Waals surface area contributed by atoms with Gasteiger partial charge in [-0.1, -0.05) is 0 Å². The molecule has 0 aliphatic heterocycles. The summed E-state index contributed by atoms with van der Waals surface area (Å²) in [6.45, 7) is 1.55. The van der Waals surface area contributed by atoms with Crippen molar-refractivity contribution in [3.63, 3.8) is 0 Å². The quantitative estimate of drug-likeness (QED) is 0.589. The Morgan fingerprint density at radius 2 is 1.74 bits per heavy atom. The first-order valence-electron chi connectivity index (χ1n) is 6.78. The molecule has 4 nitrogen and oxygen atoms in total. The normalized spacial score (nSPS) is 19.4. The molecule has 0 heterocycles. The van der Waals surface area contributed by atoms with E-state index >= 15 is 0 Å². The summed E-state index contributed by atoms with van der Waals surface area (Å²) in [4.78, 5) is 10.9. The van der Waals surface area contributed by atoms with Gasteiger partial charge in [0.1, 0.15) is 0 Å². The van der Waals surface area contributed by atoms with Crippen LogP contribution in [0.2, 0.25) is 0 Å². The lowest BCUT2D eigenvalue weighted by molar-refractivity contribution is -0.132. The van der Waals surface area contributed by atoms with Gasteiger partial charge in [-0.3, -0.25) is 0 Å². The predicted molar refractivity (Wildman–Crippen MR) is 71.2 cm³/mol. The molecule has 0 aromatic rings. The molecule has 2 aliphatic rings. The Balaban J connectivity index is 2.03. The fourth-order valence-electron chi connectivity index (χ4n) is 2.16. The van der Waals surface area contributed by atoms with Crippen molar-refractivity contribution in [2.75, 3.05) is 0 Å². The molecule has 0 saturated carbocycles. The summed E-state index contributed by atoms with van der Waals surface area (Å²) in [5.74, 6) is 0.856. The van der Waals surface area contributed by atoms with Gasteiger partial charge in [0.2, 0.25) is 0 Å². The first-order chi connectivity index (χ1) is 9.15. The largest absolute Gasteiger partial charge is 0.478 e. The average molecular weight is 264 g/mol. The molecule has 0 fully saturated rings. The molecular formula is C15H20O4. The molecule has 0 spiro atoms. The number of aliphatic carboxylic acids is 1. The summed E-state index contributed by atoms with van der Waals surface area (Å²) >= 11 is 0. The minimum Gasteiger partial charge on any atom is -0.478 e. The lowest BCUT2D eigenvalue weighted by Crippen LogP contribution is -2.15. The first-order valence-corrected chi connectivity index (χ1v) is 6.78. The van der Waals surface area contributed by atoms with Crippen molar-refractivity contribution in [2.24, 2.45) is 0 Å². The minimum absolute atomic E-state index is 0.238. The van der Waals surface area contributed by atoms with Crippen molar-refractivity contribution in [1.29, 1.82) is 0 Å². The van der Waals surface area contributed by atoms with E-state index in [1.807, 2.05) is 12.2 Å². The van der Waals surface area contributed by atoms with Crippen LogP contribution in [0.4, 0.5) is 0 Å². The van der Waals surface area contributed by atoms with E-state index in [0.717, 1.165) is 50.0 Å². The lowest BCUT2D eigenvalue weighted by atomic mass is 10.3. The standard InChI is InChI=1S/C15H20O4/c1-11(15(16)17)10-14(18-12-6-2-3-7-12)19-13-8-4-5-9-13/h6,8,10,14H,2-5,7,9H2,1H3,(H,16,17). The van der Waals surface area contributed by atoms with Crippen LogP contribution in [-0.2, 0) is 14.3 Å². The van der Waals surface area contributed by atoms with Crippen LogP contribution in [0.25, 0.3) is 0 Å². The number of allylic oxidation sites excluding steroid dienone is 4. The van der Waals surface area contributed by atoms with Gasteiger partial charge in [-0.15, -0.1) is 0 Å². The molecule has 104 valence electrons. The number of carbonyl (C=O) groups is 1. The highest BCUT2D eigenvalue weighted by molar-refractivity contribution is 5.85. The van der Waals surface area contributed by atoms with Gasteiger partial charge in [-0.2, -0.15) is 0 Å². The number of rotatable bonds is 6. The van der Waals surface area contributed by atoms with Crippen molar-refractivity contribution in [2.45, 2.75) is 51.7 Å². The van der Waals surface area contributed by atoms with Crippen LogP contribution >= 0.6 is 0 Å². The van der Waals surface area contributed by atoms with Crippen LogP contribution in [0, 0.1) is 0 Å². The maximum Gasteiger partial charge on any atom is 0.331 e. The molecule has 1 N–H and O–H groups in total. The highest BCUT2D eigenvalue weighted by Gasteiger charge is 2.18. The van der Waals surface area contributed by atoms with Gasteiger partial charge in [-0.05, 0) is 44.8 Å². The zero-order valence-electron chi connectivity index (χ0n) is 11.2. The Kier molecular flexibility index (Phi) is 4.66. The Morgan fingerprint density at radius 3 is 2.11 bits per heavy atom. The first kappa shape index (κ1) is 13.7. The summed E-state index contributed by atoms with van der Waals surface area (Å²) in [5.41, 5.74) is 0.238. The molecule has 0 atom stereocenters. The Bertz CT molecular complexity index is 405. The van der Waals surface area contributed by atoms with Gasteiger partial charge >= 0.3 is 5.97 Å². The topological polar surface area (TPSA) is 55.8 Å². The van der Waals surface area contributed by atoms with Crippen molar-refractivity contribution >= 4 is 5.97 Å². The summed E-state index contributed by atoms with van der Waals surface area (Å²) in [7, 11) is 0. The molecule has 0 saturated heterocycles. The third-order valence-corrected chi connectivity index (χ3v) is 3.26. The number of carboxylic acids is 1. The summed E-state index contributed by atoms with van der Waals surface area (Å²) in [6.07, 6.45) is 11.0. The molecule has 2 rings (SSSR count).